The molecule has 0 radical (unpaired) electrons. The molecule has 0 saturated carbocycles. The lowest BCUT2D eigenvalue weighted by atomic mass is 10.1. The van der Waals surface area contributed by atoms with Crippen LogP contribution in [0.15, 0.2) is 24.7 Å². The third-order valence-corrected chi connectivity index (χ3v) is 4.13. The van der Waals surface area contributed by atoms with Gasteiger partial charge in [0, 0.05) is 25.8 Å². The predicted molar refractivity (Wildman–Crippen MR) is 77.4 cm³/mol. The first-order valence-corrected chi connectivity index (χ1v) is 7.25. The summed E-state index contributed by atoms with van der Waals surface area (Å²) in [5.41, 5.74) is 3.49. The van der Waals surface area contributed by atoms with Crippen LogP contribution in [0.1, 0.15) is 16.8 Å². The maximum absolute atomic E-state index is 6.23. The van der Waals surface area contributed by atoms with Gasteiger partial charge in [-0.2, -0.15) is 0 Å². The first-order valence-electron chi connectivity index (χ1n) is 6.88. The monoisotopic (exact) mass is 303 g/mol. The molecule has 0 amide bonds. The van der Waals surface area contributed by atoms with Gasteiger partial charge in [0.05, 0.1) is 10.7 Å². The Morgan fingerprint density at radius 2 is 2.24 bits per heavy atom. The number of aromatic nitrogens is 2. The van der Waals surface area contributed by atoms with Crippen molar-refractivity contribution in [3.05, 3.63) is 46.5 Å². The maximum atomic E-state index is 6.23. The highest BCUT2D eigenvalue weighted by molar-refractivity contribution is 6.32. The zero-order valence-electron chi connectivity index (χ0n) is 11.4. The van der Waals surface area contributed by atoms with Gasteiger partial charge in [-0.25, -0.2) is 9.97 Å². The fourth-order valence-corrected chi connectivity index (χ4v) is 3.10. The maximum Gasteiger partial charge on any atom is 0.231 e. The van der Waals surface area contributed by atoms with Gasteiger partial charge < -0.3 is 9.47 Å². The van der Waals surface area contributed by atoms with Crippen molar-refractivity contribution in [2.75, 3.05) is 13.3 Å². The Labute approximate surface area is 127 Å². The molecule has 0 spiro atoms. The van der Waals surface area contributed by atoms with Crippen molar-refractivity contribution < 1.29 is 9.47 Å². The van der Waals surface area contributed by atoms with Crippen molar-refractivity contribution in [2.45, 2.75) is 19.5 Å². The molecule has 1 aromatic carbocycles. The Hall–Kier alpha value is -1.85. The van der Waals surface area contributed by atoms with Gasteiger partial charge >= 0.3 is 0 Å². The number of rotatable bonds is 2. The van der Waals surface area contributed by atoms with Crippen molar-refractivity contribution in [2.24, 2.45) is 0 Å². The van der Waals surface area contributed by atoms with E-state index >= 15 is 0 Å². The van der Waals surface area contributed by atoms with E-state index in [0.29, 0.717) is 10.8 Å². The van der Waals surface area contributed by atoms with Crippen molar-refractivity contribution in [3.63, 3.8) is 0 Å². The van der Waals surface area contributed by atoms with Gasteiger partial charge in [-0.05, 0) is 29.7 Å². The molecule has 0 atom stereocenters. The molecule has 0 N–H and O–H groups in total. The second-order valence-electron chi connectivity index (χ2n) is 5.27. The second kappa shape index (κ2) is 5.16. The van der Waals surface area contributed by atoms with Gasteiger partial charge in [-0.3, -0.25) is 4.90 Å². The minimum atomic E-state index is 0.243. The summed E-state index contributed by atoms with van der Waals surface area (Å²) in [7, 11) is 0. The normalized spacial score (nSPS) is 16.8. The van der Waals surface area contributed by atoms with Crippen molar-refractivity contribution in [1.82, 2.24) is 14.9 Å². The number of ether oxygens (including phenoxy) is 2. The summed E-state index contributed by atoms with van der Waals surface area (Å²) in [5, 5.41) is 0.611. The Morgan fingerprint density at radius 1 is 1.29 bits per heavy atom. The molecule has 2 aromatic rings. The van der Waals surface area contributed by atoms with Gasteiger partial charge in [-0.1, -0.05) is 11.6 Å². The summed E-state index contributed by atoms with van der Waals surface area (Å²) in [6, 6.07) is 3.95. The smallest absolute Gasteiger partial charge is 0.231 e. The van der Waals surface area contributed by atoms with Crippen LogP contribution in [0, 0.1) is 0 Å². The molecule has 2 aliphatic rings. The summed E-state index contributed by atoms with van der Waals surface area (Å²) in [6.07, 6.45) is 4.51. The summed E-state index contributed by atoms with van der Waals surface area (Å²) in [6.45, 7) is 2.89. The first-order chi connectivity index (χ1) is 10.3. The van der Waals surface area contributed by atoms with Crippen LogP contribution < -0.4 is 9.47 Å². The zero-order valence-corrected chi connectivity index (χ0v) is 12.1. The van der Waals surface area contributed by atoms with Gasteiger partial charge in [0.25, 0.3) is 0 Å². The van der Waals surface area contributed by atoms with Gasteiger partial charge in [-0.15, -0.1) is 0 Å². The van der Waals surface area contributed by atoms with Crippen molar-refractivity contribution in [3.8, 4) is 11.5 Å². The average Bonchev–Trinajstić information content (AvgIpc) is 2.96. The minimum absolute atomic E-state index is 0.243. The van der Waals surface area contributed by atoms with E-state index < -0.39 is 0 Å². The number of nitrogens with zero attached hydrogens (tertiary/aromatic N) is 3. The molecule has 108 valence electrons. The molecule has 0 fully saturated rings. The first kappa shape index (κ1) is 12.9. The van der Waals surface area contributed by atoms with Crippen LogP contribution in [0.5, 0.6) is 11.5 Å². The Morgan fingerprint density at radius 3 is 3.19 bits per heavy atom. The molecule has 0 unspecified atom stereocenters. The third kappa shape index (κ3) is 2.43. The molecule has 0 aliphatic carbocycles. The van der Waals surface area contributed by atoms with Crippen molar-refractivity contribution >= 4 is 11.6 Å². The lowest BCUT2D eigenvalue weighted by Crippen LogP contribution is -2.30. The van der Waals surface area contributed by atoms with Crippen LogP contribution >= 0.6 is 11.6 Å². The molecular weight excluding hydrogens is 290 g/mol. The van der Waals surface area contributed by atoms with Gasteiger partial charge in [0.1, 0.15) is 6.33 Å². The largest absolute Gasteiger partial charge is 0.454 e. The molecule has 2 aliphatic heterocycles. The molecule has 5 nitrogen and oxygen atoms in total. The summed E-state index contributed by atoms with van der Waals surface area (Å²) in [4.78, 5) is 10.8. The lowest BCUT2D eigenvalue weighted by Gasteiger charge is -2.27. The van der Waals surface area contributed by atoms with E-state index in [1.54, 1.807) is 6.33 Å². The quantitative estimate of drug-likeness (QED) is 0.852. The predicted octanol–water partition coefficient (Wildman–Crippen LogP) is 2.42. The SMILES string of the molecule is Clc1cc(CN2CCc3cncnc3C2)cc2c1OCO2. The Bertz CT molecular complexity index is 693. The van der Waals surface area contributed by atoms with Gasteiger partial charge in [0.15, 0.2) is 11.5 Å². The molecule has 4 rings (SSSR count). The topological polar surface area (TPSA) is 47.5 Å². The highest BCUT2D eigenvalue weighted by atomic mass is 35.5. The van der Waals surface area contributed by atoms with Crippen LogP contribution in [0.2, 0.25) is 5.02 Å². The van der Waals surface area contributed by atoms with Crippen LogP contribution in [0.25, 0.3) is 0 Å². The molecule has 6 heteroatoms. The lowest BCUT2D eigenvalue weighted by molar-refractivity contribution is 0.174. The Kier molecular flexibility index (Phi) is 3.16. The third-order valence-electron chi connectivity index (χ3n) is 3.85. The molecule has 0 bridgehead atoms. The zero-order chi connectivity index (χ0) is 14.2. The number of halogens is 1. The van der Waals surface area contributed by atoms with E-state index in [9.17, 15) is 0 Å². The summed E-state index contributed by atoms with van der Waals surface area (Å²) in [5.74, 6) is 1.38. The average molecular weight is 304 g/mol. The van der Waals surface area contributed by atoms with Crippen LogP contribution in [-0.2, 0) is 19.5 Å². The van der Waals surface area contributed by atoms with E-state index in [-0.39, 0.29) is 6.79 Å². The molecule has 3 heterocycles. The highest BCUT2D eigenvalue weighted by Gasteiger charge is 2.21. The fourth-order valence-electron chi connectivity index (χ4n) is 2.81. The molecular formula is C15H14ClN3O2. The van der Waals surface area contributed by atoms with Crippen LogP contribution in [-0.4, -0.2) is 28.2 Å². The standard InChI is InChI=1S/C15H14ClN3O2/c16-12-3-10(4-14-15(12)21-9-20-14)6-19-2-1-11-5-17-8-18-13(11)7-19/h3-5,8H,1-2,6-7,9H2. The van der Waals surface area contributed by atoms with Gasteiger partial charge in [0.2, 0.25) is 6.79 Å². The molecule has 1 aromatic heterocycles. The van der Waals surface area contributed by atoms with Crippen LogP contribution in [0.4, 0.5) is 0 Å². The summed E-state index contributed by atoms with van der Waals surface area (Å²) >= 11 is 6.23. The van der Waals surface area contributed by atoms with E-state index in [1.165, 1.54) is 5.56 Å². The van der Waals surface area contributed by atoms with Crippen molar-refractivity contribution in [1.29, 1.82) is 0 Å². The second-order valence-corrected chi connectivity index (χ2v) is 5.67. The van der Waals surface area contributed by atoms with Crippen LogP contribution in [0.3, 0.4) is 0 Å². The fraction of sp³-hybridized carbons (Fsp3) is 0.333. The number of fused-ring (bicyclic) bond motifs is 2. The van der Waals surface area contributed by atoms with E-state index in [4.69, 9.17) is 21.1 Å². The highest BCUT2D eigenvalue weighted by Crippen LogP contribution is 2.40. The number of hydrogen-bond acceptors (Lipinski definition) is 5. The van der Waals surface area contributed by atoms with E-state index in [0.717, 1.165) is 43.1 Å². The summed E-state index contributed by atoms with van der Waals surface area (Å²) < 4.78 is 10.8. The Balaban J connectivity index is 1.54. The minimum Gasteiger partial charge on any atom is -0.454 e. The number of benzene rings is 1. The number of hydrogen-bond donors (Lipinski definition) is 0. The molecule has 0 saturated heterocycles. The van der Waals surface area contributed by atoms with E-state index in [2.05, 4.69) is 14.9 Å². The van der Waals surface area contributed by atoms with E-state index in [1.807, 2.05) is 18.3 Å². The molecule has 21 heavy (non-hydrogen) atoms.